The molecule has 0 aliphatic carbocycles. The highest BCUT2D eigenvalue weighted by atomic mass is 32.2. The van der Waals surface area contributed by atoms with Gasteiger partial charge in [-0.15, -0.1) is 6.58 Å². The second-order valence-electron chi connectivity index (χ2n) is 7.91. The number of nitrogens with zero attached hydrogens (tertiary/aromatic N) is 2. The molecule has 0 fully saturated rings. The van der Waals surface area contributed by atoms with Crippen LogP contribution in [0.4, 0.5) is 5.69 Å². The van der Waals surface area contributed by atoms with E-state index in [1.54, 1.807) is 54.6 Å². The Morgan fingerprint density at radius 2 is 1.71 bits per heavy atom. The van der Waals surface area contributed by atoms with Gasteiger partial charge in [0.1, 0.15) is 0 Å². The average molecular weight is 473 g/mol. The summed E-state index contributed by atoms with van der Waals surface area (Å²) in [6.45, 7) is 7.60. The lowest BCUT2D eigenvalue weighted by Gasteiger charge is -2.25. The summed E-state index contributed by atoms with van der Waals surface area (Å²) in [5.41, 5.74) is 3.70. The van der Waals surface area contributed by atoms with E-state index in [2.05, 4.69) is 11.6 Å². The number of carbonyl (C=O) groups is 1. The molecule has 0 atom stereocenters. The first-order valence-corrected chi connectivity index (χ1v) is 12.1. The van der Waals surface area contributed by atoms with Gasteiger partial charge in [0.25, 0.3) is 10.0 Å². The Labute approximate surface area is 199 Å². The third-order valence-corrected chi connectivity index (χ3v) is 7.07. The summed E-state index contributed by atoms with van der Waals surface area (Å²) in [4.78, 5) is 17.1. The van der Waals surface area contributed by atoms with Crippen molar-refractivity contribution in [2.45, 2.75) is 18.7 Å². The molecule has 7 heteroatoms. The van der Waals surface area contributed by atoms with E-state index in [0.29, 0.717) is 11.3 Å². The zero-order valence-electron chi connectivity index (χ0n) is 18.9. The second kappa shape index (κ2) is 9.49. The van der Waals surface area contributed by atoms with Crippen molar-refractivity contribution >= 4 is 33.7 Å². The molecule has 0 spiro atoms. The topological polar surface area (TPSA) is 76.0 Å². The number of anilines is 1. The molecule has 1 heterocycles. The van der Waals surface area contributed by atoms with Gasteiger partial charge in [0.05, 0.1) is 22.7 Å². The third kappa shape index (κ3) is 4.70. The van der Waals surface area contributed by atoms with Gasteiger partial charge in [0.2, 0.25) is 5.90 Å². The molecular weight excluding hydrogens is 448 g/mol. The number of aliphatic imine (C=N–C) groups is 1. The molecule has 0 unspecified atom stereocenters. The van der Waals surface area contributed by atoms with Gasteiger partial charge in [0, 0.05) is 0 Å². The van der Waals surface area contributed by atoms with Crippen LogP contribution in [0.15, 0.2) is 101 Å². The molecule has 3 aromatic carbocycles. The highest BCUT2D eigenvalue weighted by Gasteiger charge is 2.31. The molecule has 172 valence electrons. The van der Waals surface area contributed by atoms with E-state index in [1.165, 1.54) is 10.4 Å². The Morgan fingerprint density at radius 3 is 2.41 bits per heavy atom. The zero-order chi connectivity index (χ0) is 24.3. The Kier molecular flexibility index (Phi) is 6.47. The van der Waals surface area contributed by atoms with Crippen LogP contribution in [0.3, 0.4) is 0 Å². The van der Waals surface area contributed by atoms with Crippen LogP contribution in [0.25, 0.3) is 6.08 Å². The predicted molar refractivity (Wildman–Crippen MR) is 134 cm³/mol. The second-order valence-corrected chi connectivity index (χ2v) is 9.77. The van der Waals surface area contributed by atoms with Crippen molar-refractivity contribution in [1.29, 1.82) is 0 Å². The van der Waals surface area contributed by atoms with Crippen LogP contribution in [0.1, 0.15) is 22.3 Å². The average Bonchev–Trinajstić information content (AvgIpc) is 3.17. The molecule has 0 saturated carbocycles. The van der Waals surface area contributed by atoms with Crippen LogP contribution in [0.2, 0.25) is 0 Å². The number of benzene rings is 3. The first kappa shape index (κ1) is 23.2. The van der Waals surface area contributed by atoms with Crippen molar-refractivity contribution in [3.63, 3.8) is 0 Å². The summed E-state index contributed by atoms with van der Waals surface area (Å²) < 4.78 is 33.7. The van der Waals surface area contributed by atoms with Gasteiger partial charge < -0.3 is 4.74 Å². The van der Waals surface area contributed by atoms with Crippen LogP contribution in [0.5, 0.6) is 0 Å². The molecule has 0 aromatic heterocycles. The molecule has 1 aliphatic heterocycles. The molecule has 6 nitrogen and oxygen atoms in total. The van der Waals surface area contributed by atoms with Gasteiger partial charge in [-0.05, 0) is 49.8 Å². The third-order valence-electron chi connectivity index (χ3n) is 5.27. The highest BCUT2D eigenvalue weighted by molar-refractivity contribution is 7.92. The van der Waals surface area contributed by atoms with Gasteiger partial charge >= 0.3 is 5.97 Å². The predicted octanol–water partition coefficient (Wildman–Crippen LogP) is 5.03. The van der Waals surface area contributed by atoms with E-state index >= 15 is 0 Å². The number of aryl methyl sites for hydroxylation is 2. The van der Waals surface area contributed by atoms with Crippen molar-refractivity contribution in [2.24, 2.45) is 4.99 Å². The van der Waals surface area contributed by atoms with E-state index in [0.717, 1.165) is 16.7 Å². The fourth-order valence-electron chi connectivity index (χ4n) is 3.59. The Hall–Kier alpha value is -3.97. The van der Waals surface area contributed by atoms with Gasteiger partial charge in [-0.2, -0.15) is 0 Å². The van der Waals surface area contributed by atoms with E-state index in [9.17, 15) is 13.2 Å². The van der Waals surface area contributed by atoms with Crippen LogP contribution in [0, 0.1) is 13.8 Å². The van der Waals surface area contributed by atoms with E-state index in [-0.39, 0.29) is 23.0 Å². The van der Waals surface area contributed by atoms with E-state index < -0.39 is 16.0 Å². The minimum absolute atomic E-state index is 0.0282. The lowest BCUT2D eigenvalue weighted by Crippen LogP contribution is -2.32. The number of sulfonamides is 1. The lowest BCUT2D eigenvalue weighted by molar-refractivity contribution is -0.129. The summed E-state index contributed by atoms with van der Waals surface area (Å²) in [7, 11) is -3.91. The molecule has 0 N–H and O–H groups in total. The zero-order valence-corrected chi connectivity index (χ0v) is 19.7. The molecule has 4 rings (SSSR count). The number of ether oxygens (including phenoxy) is 1. The maximum Gasteiger partial charge on any atom is 0.363 e. The highest BCUT2D eigenvalue weighted by Crippen LogP contribution is 2.30. The summed E-state index contributed by atoms with van der Waals surface area (Å²) >= 11 is 0. The Bertz CT molecular complexity index is 1420. The van der Waals surface area contributed by atoms with Crippen molar-refractivity contribution in [1.82, 2.24) is 0 Å². The quantitative estimate of drug-likeness (QED) is 0.275. The van der Waals surface area contributed by atoms with Crippen molar-refractivity contribution in [2.75, 3.05) is 10.8 Å². The van der Waals surface area contributed by atoms with Crippen LogP contribution in [-0.2, 0) is 19.6 Å². The number of rotatable bonds is 7. The van der Waals surface area contributed by atoms with Gasteiger partial charge in [-0.3, -0.25) is 4.31 Å². The summed E-state index contributed by atoms with van der Waals surface area (Å²) in [6.07, 6.45) is 3.16. The fraction of sp³-hybridized carbons (Fsp3) is 0.111. The number of para-hydroxylation sites is 1. The fourth-order valence-corrected chi connectivity index (χ4v) is 5.05. The maximum atomic E-state index is 13.5. The smallest absolute Gasteiger partial charge is 0.363 e. The van der Waals surface area contributed by atoms with Gasteiger partial charge in [0.15, 0.2) is 5.70 Å². The molecule has 34 heavy (non-hydrogen) atoms. The number of cyclic esters (lactones) is 1. The number of carbonyl (C=O) groups excluding carboxylic acids is 1. The summed E-state index contributed by atoms with van der Waals surface area (Å²) in [5.74, 6) is -0.546. The minimum Gasteiger partial charge on any atom is -0.402 e. The van der Waals surface area contributed by atoms with Crippen molar-refractivity contribution in [3.8, 4) is 0 Å². The first-order chi connectivity index (χ1) is 16.3. The normalized spacial score (nSPS) is 14.6. The molecule has 3 aromatic rings. The maximum absolute atomic E-state index is 13.5. The molecule has 0 bridgehead atoms. The van der Waals surface area contributed by atoms with E-state index in [1.807, 2.05) is 38.1 Å². The number of hydrogen-bond acceptors (Lipinski definition) is 5. The van der Waals surface area contributed by atoms with Crippen molar-refractivity contribution in [3.05, 3.63) is 113 Å². The molecule has 0 saturated heterocycles. The molecule has 1 aliphatic rings. The van der Waals surface area contributed by atoms with Crippen molar-refractivity contribution < 1.29 is 17.9 Å². The van der Waals surface area contributed by atoms with Crippen LogP contribution in [-0.4, -0.2) is 26.8 Å². The molecular formula is C27H24N2O4S. The first-order valence-electron chi connectivity index (χ1n) is 10.7. The van der Waals surface area contributed by atoms with Crippen LogP contribution >= 0.6 is 0 Å². The Morgan fingerprint density at radius 1 is 0.971 bits per heavy atom. The van der Waals surface area contributed by atoms with E-state index in [4.69, 9.17) is 4.74 Å². The lowest BCUT2D eigenvalue weighted by atomic mass is 10.1. The SMILES string of the molecule is C=CCN(c1ccccc1C1=NC(=Cc2cccc(C)c2)C(=O)O1)S(=O)(=O)c1ccc(C)cc1. The number of hydrogen-bond donors (Lipinski definition) is 0. The number of esters is 1. The Balaban J connectivity index is 1.78. The molecule has 0 radical (unpaired) electrons. The summed E-state index contributed by atoms with van der Waals surface area (Å²) in [6, 6.07) is 21.1. The van der Waals surface area contributed by atoms with Crippen LogP contribution < -0.4 is 4.31 Å². The molecule has 0 amide bonds. The standard InChI is InChI=1S/C27H24N2O4S/c1-4-16-29(34(31,32)22-14-12-19(2)13-15-22)25-11-6-5-10-23(25)26-28-24(27(30)33-26)18-21-9-7-8-20(3)17-21/h4-15,17-18H,1,16H2,2-3H3. The van der Waals surface area contributed by atoms with Gasteiger partial charge in [-0.25, -0.2) is 18.2 Å². The minimum atomic E-state index is -3.91. The largest absolute Gasteiger partial charge is 0.402 e. The summed E-state index contributed by atoms with van der Waals surface area (Å²) in [5, 5.41) is 0. The van der Waals surface area contributed by atoms with Gasteiger partial charge in [-0.1, -0.05) is 65.7 Å². The monoisotopic (exact) mass is 472 g/mol.